The van der Waals surface area contributed by atoms with Crippen molar-refractivity contribution in [1.29, 1.82) is 0 Å². The molecule has 6 nitrogen and oxygen atoms in total. The van der Waals surface area contributed by atoms with Crippen molar-refractivity contribution in [1.82, 2.24) is 0 Å². The van der Waals surface area contributed by atoms with Gasteiger partial charge in [0.15, 0.2) is 0 Å². The molecule has 144 valence electrons. The van der Waals surface area contributed by atoms with Gasteiger partial charge < -0.3 is 20.4 Å². The second-order valence-corrected chi connectivity index (χ2v) is 5.45. The third-order valence-electron chi connectivity index (χ3n) is 3.27. The van der Waals surface area contributed by atoms with Crippen molar-refractivity contribution < 1.29 is 30.0 Å². The fraction of sp³-hybridized carbons (Fsp3) is 0.778. The zero-order valence-corrected chi connectivity index (χ0v) is 15.1. The van der Waals surface area contributed by atoms with Crippen molar-refractivity contribution in [2.75, 3.05) is 13.2 Å². The number of carboxylic acids is 2. The fourth-order valence-corrected chi connectivity index (χ4v) is 1.78. The minimum Gasteiger partial charge on any atom is -0.481 e. The van der Waals surface area contributed by atoms with Gasteiger partial charge in [0.05, 0.1) is 5.92 Å². The highest BCUT2D eigenvalue weighted by Gasteiger charge is 2.09. The molecule has 0 saturated heterocycles. The first-order valence-electron chi connectivity index (χ1n) is 8.62. The Balaban J connectivity index is -0.000000374. The molecule has 24 heavy (non-hydrogen) atoms. The number of hydrogen-bond acceptors (Lipinski definition) is 4. The topological polar surface area (TPSA) is 115 Å². The molecule has 0 amide bonds. The Morgan fingerprint density at radius 3 is 1.58 bits per heavy atom. The van der Waals surface area contributed by atoms with E-state index in [0.717, 1.165) is 44.9 Å². The standard InChI is InChI=1S/C10H18O4.C6H14O2.C2H4/c1-8(10(13)14)6-4-2-3-5-7-9(11)12;7-5-3-1-2-4-6-8;1-2/h8H,2-7H2,1H3,(H,11,12)(H,13,14);7-8H,1-6H2;1-2H2. The molecule has 0 aliphatic rings. The van der Waals surface area contributed by atoms with Crippen LogP contribution in [0, 0.1) is 5.92 Å². The normalized spacial score (nSPS) is 10.6. The molecule has 0 aromatic rings. The predicted octanol–water partition coefficient (Wildman–Crippen LogP) is 3.47. The van der Waals surface area contributed by atoms with Gasteiger partial charge in [-0.25, -0.2) is 0 Å². The van der Waals surface area contributed by atoms with E-state index < -0.39 is 11.9 Å². The second-order valence-electron chi connectivity index (χ2n) is 5.45. The van der Waals surface area contributed by atoms with Gasteiger partial charge >= 0.3 is 11.9 Å². The SMILES string of the molecule is C=C.CC(CCCCCCC(=O)O)C(=O)O.OCCCCCCO. The molecule has 0 rings (SSSR count). The number of carboxylic acid groups (broad SMARTS) is 2. The van der Waals surface area contributed by atoms with Gasteiger partial charge in [-0.3, -0.25) is 9.59 Å². The van der Waals surface area contributed by atoms with Crippen LogP contribution in [0.5, 0.6) is 0 Å². The highest BCUT2D eigenvalue weighted by Crippen LogP contribution is 2.11. The first kappa shape index (κ1) is 27.4. The predicted molar refractivity (Wildman–Crippen MR) is 96.0 cm³/mol. The zero-order valence-electron chi connectivity index (χ0n) is 15.1. The molecule has 0 heterocycles. The van der Waals surface area contributed by atoms with Crippen LogP contribution < -0.4 is 0 Å². The first-order valence-corrected chi connectivity index (χ1v) is 8.62. The van der Waals surface area contributed by atoms with E-state index in [9.17, 15) is 9.59 Å². The van der Waals surface area contributed by atoms with E-state index in [-0.39, 0.29) is 25.6 Å². The monoisotopic (exact) mass is 348 g/mol. The fourth-order valence-electron chi connectivity index (χ4n) is 1.78. The van der Waals surface area contributed by atoms with Gasteiger partial charge in [-0.05, 0) is 25.7 Å². The van der Waals surface area contributed by atoms with Crippen LogP contribution in [0.3, 0.4) is 0 Å². The van der Waals surface area contributed by atoms with Crippen LogP contribution in [0.15, 0.2) is 13.2 Å². The molecule has 0 saturated carbocycles. The molecular formula is C18H36O6. The van der Waals surface area contributed by atoms with Crippen LogP contribution in [-0.4, -0.2) is 45.6 Å². The molecule has 0 aromatic heterocycles. The summed E-state index contributed by atoms with van der Waals surface area (Å²) in [6.07, 6.45) is 8.08. The molecule has 0 spiro atoms. The highest BCUT2D eigenvalue weighted by atomic mass is 16.4. The number of unbranched alkanes of at least 4 members (excludes halogenated alkanes) is 6. The summed E-state index contributed by atoms with van der Waals surface area (Å²) in [6, 6.07) is 0. The summed E-state index contributed by atoms with van der Waals surface area (Å²) in [5.74, 6) is -1.80. The Morgan fingerprint density at radius 2 is 1.21 bits per heavy atom. The molecule has 0 aliphatic heterocycles. The average Bonchev–Trinajstić information content (AvgIpc) is 2.56. The van der Waals surface area contributed by atoms with Crippen molar-refractivity contribution >= 4 is 11.9 Å². The molecule has 0 aliphatic carbocycles. The molecule has 0 radical (unpaired) electrons. The maximum Gasteiger partial charge on any atom is 0.306 e. The zero-order chi connectivity index (χ0) is 19.2. The lowest BCUT2D eigenvalue weighted by Gasteiger charge is -2.04. The average molecular weight is 348 g/mol. The molecule has 6 heteroatoms. The number of aliphatic hydroxyl groups is 2. The lowest BCUT2D eigenvalue weighted by Crippen LogP contribution is -2.08. The van der Waals surface area contributed by atoms with E-state index in [1.807, 2.05) is 0 Å². The van der Waals surface area contributed by atoms with Gasteiger partial charge in [-0.15, -0.1) is 13.2 Å². The number of rotatable bonds is 13. The van der Waals surface area contributed by atoms with Crippen LogP contribution in [0.25, 0.3) is 0 Å². The Morgan fingerprint density at radius 1 is 0.792 bits per heavy atom. The summed E-state index contributed by atoms with van der Waals surface area (Å²) in [5, 5.41) is 33.5. The van der Waals surface area contributed by atoms with Crippen molar-refractivity contribution in [3.8, 4) is 0 Å². The van der Waals surface area contributed by atoms with Gasteiger partial charge in [0, 0.05) is 19.6 Å². The molecule has 1 atom stereocenters. The Kier molecular flexibility index (Phi) is 27.3. The lowest BCUT2D eigenvalue weighted by molar-refractivity contribution is -0.141. The Hall–Kier alpha value is -1.40. The summed E-state index contributed by atoms with van der Waals surface area (Å²) in [4.78, 5) is 20.6. The van der Waals surface area contributed by atoms with Crippen molar-refractivity contribution in [2.45, 2.75) is 71.1 Å². The molecule has 1 unspecified atom stereocenters. The number of aliphatic hydroxyl groups excluding tert-OH is 2. The Labute approximate surface area is 146 Å². The van der Waals surface area contributed by atoms with Crippen molar-refractivity contribution in [2.24, 2.45) is 5.92 Å². The minimum atomic E-state index is -0.760. The molecule has 0 bridgehead atoms. The van der Waals surface area contributed by atoms with Gasteiger partial charge in [-0.2, -0.15) is 0 Å². The smallest absolute Gasteiger partial charge is 0.306 e. The molecule has 4 N–H and O–H groups in total. The third-order valence-corrected chi connectivity index (χ3v) is 3.27. The summed E-state index contributed by atoms with van der Waals surface area (Å²) < 4.78 is 0. The van der Waals surface area contributed by atoms with E-state index in [0.29, 0.717) is 12.8 Å². The largest absolute Gasteiger partial charge is 0.481 e. The van der Waals surface area contributed by atoms with E-state index >= 15 is 0 Å². The quantitative estimate of drug-likeness (QED) is 0.299. The van der Waals surface area contributed by atoms with Crippen molar-refractivity contribution in [3.63, 3.8) is 0 Å². The minimum absolute atomic E-state index is 0.217. The Bertz CT molecular complexity index is 275. The summed E-state index contributed by atoms with van der Waals surface area (Å²) in [6.45, 7) is 8.26. The van der Waals surface area contributed by atoms with E-state index in [2.05, 4.69) is 13.2 Å². The maximum absolute atomic E-state index is 10.4. The van der Waals surface area contributed by atoms with Crippen LogP contribution in [0.2, 0.25) is 0 Å². The van der Waals surface area contributed by atoms with Gasteiger partial charge in [0.25, 0.3) is 0 Å². The molecule has 0 aromatic carbocycles. The van der Waals surface area contributed by atoms with Crippen LogP contribution >= 0.6 is 0 Å². The maximum atomic E-state index is 10.4. The number of aliphatic carboxylic acids is 2. The molecule has 0 fully saturated rings. The lowest BCUT2D eigenvalue weighted by atomic mass is 10.0. The van der Waals surface area contributed by atoms with E-state index in [1.54, 1.807) is 6.92 Å². The van der Waals surface area contributed by atoms with Crippen molar-refractivity contribution in [3.05, 3.63) is 13.2 Å². The summed E-state index contributed by atoms with van der Waals surface area (Å²) >= 11 is 0. The van der Waals surface area contributed by atoms with Crippen LogP contribution in [0.4, 0.5) is 0 Å². The van der Waals surface area contributed by atoms with Gasteiger partial charge in [0.1, 0.15) is 0 Å². The van der Waals surface area contributed by atoms with Crippen LogP contribution in [-0.2, 0) is 9.59 Å². The third kappa shape index (κ3) is 28.7. The summed E-state index contributed by atoms with van der Waals surface area (Å²) in [7, 11) is 0. The van der Waals surface area contributed by atoms with Gasteiger partial charge in [-0.1, -0.05) is 39.0 Å². The second kappa shape index (κ2) is 23.9. The van der Waals surface area contributed by atoms with Gasteiger partial charge in [0.2, 0.25) is 0 Å². The highest BCUT2D eigenvalue weighted by molar-refractivity contribution is 5.69. The summed E-state index contributed by atoms with van der Waals surface area (Å²) in [5.41, 5.74) is 0. The van der Waals surface area contributed by atoms with Crippen LogP contribution in [0.1, 0.15) is 71.1 Å². The number of carbonyl (C=O) groups is 2. The number of hydrogen-bond donors (Lipinski definition) is 4. The van der Waals surface area contributed by atoms with E-state index in [1.165, 1.54) is 0 Å². The molecular weight excluding hydrogens is 312 g/mol. The first-order chi connectivity index (χ1) is 11.5. The van der Waals surface area contributed by atoms with E-state index in [4.69, 9.17) is 20.4 Å².